The largest absolute Gasteiger partial charge is 0.322 e. The van der Waals surface area contributed by atoms with E-state index in [1.54, 1.807) is 29.2 Å². The lowest BCUT2D eigenvalue weighted by molar-refractivity contribution is 0.102. The summed E-state index contributed by atoms with van der Waals surface area (Å²) in [5.41, 5.74) is 3.28. The van der Waals surface area contributed by atoms with Crippen molar-refractivity contribution in [3.63, 3.8) is 0 Å². The molecule has 26 heavy (non-hydrogen) atoms. The molecule has 1 heterocycles. The van der Waals surface area contributed by atoms with Crippen molar-refractivity contribution < 1.29 is 4.79 Å². The summed E-state index contributed by atoms with van der Waals surface area (Å²) in [6.07, 6.45) is 4.50. The Hall–Kier alpha value is -1.82. The van der Waals surface area contributed by atoms with Crippen molar-refractivity contribution >= 4 is 46.3 Å². The first-order valence-electron chi connectivity index (χ1n) is 8.35. The summed E-state index contributed by atoms with van der Waals surface area (Å²) in [6.45, 7) is 0. The number of rotatable bonds is 5. The van der Waals surface area contributed by atoms with E-state index >= 15 is 0 Å². The molecular formula is C20H17ClN2OS2. The lowest BCUT2D eigenvalue weighted by Crippen LogP contribution is -2.12. The van der Waals surface area contributed by atoms with Gasteiger partial charge in [-0.2, -0.15) is 0 Å². The van der Waals surface area contributed by atoms with E-state index in [1.165, 1.54) is 17.8 Å². The van der Waals surface area contributed by atoms with Crippen molar-refractivity contribution in [2.24, 2.45) is 0 Å². The highest BCUT2D eigenvalue weighted by Gasteiger charge is 2.26. The Labute approximate surface area is 165 Å². The second-order valence-electron chi connectivity index (χ2n) is 6.22. The van der Waals surface area contributed by atoms with Crippen molar-refractivity contribution in [1.82, 2.24) is 4.98 Å². The number of carbonyl (C=O) groups is 1. The summed E-state index contributed by atoms with van der Waals surface area (Å²) in [5, 5.41) is 6.70. The molecule has 0 bridgehead atoms. The van der Waals surface area contributed by atoms with Crippen molar-refractivity contribution in [2.75, 3.05) is 11.6 Å². The Bertz CT molecular complexity index is 949. The van der Waals surface area contributed by atoms with Crippen LogP contribution in [0.3, 0.4) is 0 Å². The average molecular weight is 401 g/mol. The zero-order valence-corrected chi connectivity index (χ0v) is 16.5. The van der Waals surface area contributed by atoms with Crippen LogP contribution < -0.4 is 5.32 Å². The van der Waals surface area contributed by atoms with E-state index in [2.05, 4.69) is 10.7 Å². The molecule has 0 unspecified atom stereocenters. The summed E-state index contributed by atoms with van der Waals surface area (Å²) in [7, 11) is 0. The Morgan fingerprint density at radius 3 is 2.65 bits per heavy atom. The Kier molecular flexibility index (Phi) is 5.02. The maximum absolute atomic E-state index is 12.5. The van der Waals surface area contributed by atoms with Crippen molar-refractivity contribution in [3.8, 4) is 11.3 Å². The minimum Gasteiger partial charge on any atom is -0.322 e. The van der Waals surface area contributed by atoms with Crippen molar-refractivity contribution in [3.05, 3.63) is 63.4 Å². The normalized spacial score (nSPS) is 13.6. The van der Waals surface area contributed by atoms with E-state index in [0.29, 0.717) is 16.5 Å². The minimum atomic E-state index is -0.208. The highest BCUT2D eigenvalue weighted by Crippen LogP contribution is 2.42. The number of halogens is 1. The number of nitrogens with zero attached hydrogens (tertiary/aromatic N) is 1. The quantitative estimate of drug-likeness (QED) is 0.510. The fraction of sp³-hybridized carbons (Fsp3) is 0.200. The first-order chi connectivity index (χ1) is 12.6. The zero-order valence-electron chi connectivity index (χ0n) is 14.2. The number of hydrogen-bond acceptors (Lipinski definition) is 4. The Morgan fingerprint density at radius 2 is 2.00 bits per heavy atom. The number of aromatic nitrogens is 1. The molecule has 1 N–H and O–H groups in total. The van der Waals surface area contributed by atoms with Crippen molar-refractivity contribution in [2.45, 2.75) is 23.7 Å². The van der Waals surface area contributed by atoms with Gasteiger partial charge in [-0.25, -0.2) is 4.98 Å². The summed E-state index contributed by atoms with van der Waals surface area (Å²) in [5.74, 6) is 0.467. The Morgan fingerprint density at radius 1 is 1.23 bits per heavy atom. The number of carbonyl (C=O) groups excluding carboxylic acids is 1. The van der Waals surface area contributed by atoms with Crippen LogP contribution in [0.1, 0.15) is 34.1 Å². The molecule has 1 fully saturated rings. The van der Waals surface area contributed by atoms with Crippen molar-refractivity contribution in [1.29, 1.82) is 0 Å². The minimum absolute atomic E-state index is 0.208. The first kappa shape index (κ1) is 17.6. The van der Waals surface area contributed by atoms with Gasteiger partial charge in [0.25, 0.3) is 5.91 Å². The topological polar surface area (TPSA) is 42.0 Å². The summed E-state index contributed by atoms with van der Waals surface area (Å²) in [6, 6.07) is 13.2. The molecule has 0 saturated heterocycles. The molecule has 2 aromatic carbocycles. The van der Waals surface area contributed by atoms with Gasteiger partial charge in [-0.15, -0.1) is 23.1 Å². The molecule has 0 aliphatic heterocycles. The van der Waals surface area contributed by atoms with Gasteiger partial charge in [0.05, 0.1) is 21.3 Å². The zero-order chi connectivity index (χ0) is 18.1. The van der Waals surface area contributed by atoms with Gasteiger partial charge in [-0.05, 0) is 49.4 Å². The Balaban J connectivity index is 1.47. The fourth-order valence-corrected chi connectivity index (χ4v) is 4.44. The molecule has 1 saturated carbocycles. The molecule has 3 aromatic rings. The number of hydrogen-bond donors (Lipinski definition) is 1. The van der Waals surface area contributed by atoms with E-state index in [4.69, 9.17) is 16.6 Å². The van der Waals surface area contributed by atoms with Crippen LogP contribution in [-0.4, -0.2) is 17.1 Å². The van der Waals surface area contributed by atoms with Gasteiger partial charge in [0.2, 0.25) is 0 Å². The van der Waals surface area contributed by atoms with Gasteiger partial charge >= 0.3 is 0 Å². The predicted octanol–water partition coefficient (Wildman–Crippen LogP) is 6.32. The van der Waals surface area contributed by atoms with Gasteiger partial charge < -0.3 is 5.32 Å². The van der Waals surface area contributed by atoms with Crippen LogP contribution >= 0.6 is 34.7 Å². The second kappa shape index (κ2) is 7.43. The molecule has 132 valence electrons. The molecule has 0 radical (unpaired) electrons. The van der Waals surface area contributed by atoms with Crippen LogP contribution in [0.15, 0.2) is 52.7 Å². The number of anilines is 1. The fourth-order valence-electron chi connectivity index (χ4n) is 2.67. The lowest BCUT2D eigenvalue weighted by Gasteiger charge is -2.08. The molecule has 0 atom stereocenters. The molecule has 1 amide bonds. The molecule has 1 aliphatic carbocycles. The number of benzene rings is 2. The number of amides is 1. The lowest BCUT2D eigenvalue weighted by atomic mass is 10.1. The third kappa shape index (κ3) is 3.80. The van der Waals surface area contributed by atoms with E-state index in [1.807, 2.05) is 42.7 Å². The summed E-state index contributed by atoms with van der Waals surface area (Å²) in [4.78, 5) is 18.2. The van der Waals surface area contributed by atoms with Gasteiger partial charge in [0, 0.05) is 27.4 Å². The average Bonchev–Trinajstić information content (AvgIpc) is 3.39. The van der Waals surface area contributed by atoms with Gasteiger partial charge in [-0.1, -0.05) is 23.7 Å². The number of thioether (sulfide) groups is 1. The highest BCUT2D eigenvalue weighted by molar-refractivity contribution is 7.98. The molecule has 3 nitrogen and oxygen atoms in total. The summed E-state index contributed by atoms with van der Waals surface area (Å²) < 4.78 is 0. The van der Waals surface area contributed by atoms with Crippen LogP contribution in [0.5, 0.6) is 0 Å². The molecule has 6 heteroatoms. The molecule has 1 aromatic heterocycles. The van der Waals surface area contributed by atoms with Crippen LogP contribution in [0, 0.1) is 0 Å². The van der Waals surface area contributed by atoms with Crippen LogP contribution in [0.4, 0.5) is 5.69 Å². The van der Waals surface area contributed by atoms with Gasteiger partial charge in [0.1, 0.15) is 0 Å². The second-order valence-corrected chi connectivity index (χ2v) is 8.40. The molecule has 1 aliphatic rings. The van der Waals surface area contributed by atoms with Gasteiger partial charge in [0.15, 0.2) is 0 Å². The van der Waals surface area contributed by atoms with Crippen LogP contribution in [0.2, 0.25) is 5.02 Å². The maximum atomic E-state index is 12.5. The molecular weight excluding hydrogens is 384 g/mol. The van der Waals surface area contributed by atoms with Crippen LogP contribution in [-0.2, 0) is 0 Å². The number of thiazole rings is 1. The smallest absolute Gasteiger partial charge is 0.257 e. The highest BCUT2D eigenvalue weighted by atomic mass is 35.5. The van der Waals surface area contributed by atoms with E-state index in [0.717, 1.165) is 21.8 Å². The predicted molar refractivity (Wildman–Crippen MR) is 111 cm³/mol. The van der Waals surface area contributed by atoms with E-state index in [9.17, 15) is 4.79 Å². The van der Waals surface area contributed by atoms with E-state index < -0.39 is 0 Å². The van der Waals surface area contributed by atoms with E-state index in [-0.39, 0.29) is 5.91 Å². The third-order valence-corrected chi connectivity index (χ3v) is 6.35. The standard InChI is InChI=1S/C20H17ClN2OS2/c1-25-15-8-9-16(17(21)10-15)19(24)22-14-6-4-12(5-7-14)18-11-26-20(23-18)13-2-3-13/h4-11,13H,2-3H2,1H3,(H,22,24). The SMILES string of the molecule is CSc1ccc(C(=O)Nc2ccc(-c3csc(C4CC4)n3)cc2)c(Cl)c1. The molecule has 0 spiro atoms. The molecule has 4 rings (SSSR count). The maximum Gasteiger partial charge on any atom is 0.257 e. The summed E-state index contributed by atoms with van der Waals surface area (Å²) >= 11 is 9.55. The first-order valence-corrected chi connectivity index (χ1v) is 10.8. The number of nitrogens with one attached hydrogen (secondary N) is 1. The van der Waals surface area contributed by atoms with Crippen LogP contribution in [0.25, 0.3) is 11.3 Å². The van der Waals surface area contributed by atoms with Gasteiger partial charge in [-0.3, -0.25) is 4.79 Å². The third-order valence-electron chi connectivity index (χ3n) is 4.31. The monoisotopic (exact) mass is 400 g/mol.